The van der Waals surface area contributed by atoms with E-state index >= 15 is 0 Å². The summed E-state index contributed by atoms with van der Waals surface area (Å²) in [5.41, 5.74) is 0. The number of hydrogen-bond acceptors (Lipinski definition) is 4. The molecule has 2 aliphatic heterocycles. The third-order valence-electron chi connectivity index (χ3n) is 3.94. The molecule has 0 aliphatic carbocycles. The van der Waals surface area contributed by atoms with Crippen molar-refractivity contribution >= 4 is 5.91 Å². The largest absolute Gasteiger partial charge is 0.484 e. The average Bonchev–Trinajstić information content (AvgIpc) is 3.08. The van der Waals surface area contributed by atoms with Crippen molar-refractivity contribution in [3.63, 3.8) is 0 Å². The topological polar surface area (TPSA) is 48.0 Å². The van der Waals surface area contributed by atoms with Crippen LogP contribution in [0.2, 0.25) is 0 Å². The van der Waals surface area contributed by atoms with E-state index in [9.17, 15) is 4.79 Å². The highest BCUT2D eigenvalue weighted by molar-refractivity contribution is 5.78. The minimum atomic E-state index is -0.272. The monoisotopic (exact) mass is 291 g/mol. The van der Waals surface area contributed by atoms with Gasteiger partial charge >= 0.3 is 0 Å². The van der Waals surface area contributed by atoms with Crippen molar-refractivity contribution in [2.75, 3.05) is 26.4 Å². The second-order valence-electron chi connectivity index (χ2n) is 5.36. The van der Waals surface area contributed by atoms with Gasteiger partial charge < -0.3 is 19.1 Å². The molecule has 0 bridgehead atoms. The maximum Gasteiger partial charge on any atom is 0.260 e. The van der Waals surface area contributed by atoms with Gasteiger partial charge in [0.05, 0.1) is 19.3 Å². The molecule has 21 heavy (non-hydrogen) atoms. The maximum absolute atomic E-state index is 12.4. The van der Waals surface area contributed by atoms with Gasteiger partial charge in [-0.2, -0.15) is 0 Å². The molecule has 3 rings (SSSR count). The second-order valence-corrected chi connectivity index (χ2v) is 5.36. The molecule has 0 radical (unpaired) electrons. The first-order valence-corrected chi connectivity index (χ1v) is 7.55. The van der Waals surface area contributed by atoms with Gasteiger partial charge in [0.2, 0.25) is 0 Å². The van der Waals surface area contributed by atoms with Crippen LogP contribution >= 0.6 is 0 Å². The molecule has 1 atom stereocenters. The van der Waals surface area contributed by atoms with E-state index < -0.39 is 0 Å². The van der Waals surface area contributed by atoms with Crippen LogP contribution in [-0.4, -0.2) is 49.5 Å². The van der Waals surface area contributed by atoms with Crippen LogP contribution in [0.25, 0.3) is 0 Å². The zero-order valence-electron chi connectivity index (χ0n) is 12.1. The number of para-hydroxylation sites is 1. The highest BCUT2D eigenvalue weighted by Gasteiger charge is 2.36. The van der Waals surface area contributed by atoms with Gasteiger partial charge in [-0.25, -0.2) is 0 Å². The van der Waals surface area contributed by atoms with Crippen LogP contribution in [0.4, 0.5) is 0 Å². The Balaban J connectivity index is 1.58. The van der Waals surface area contributed by atoms with Gasteiger partial charge in [0.1, 0.15) is 5.75 Å². The predicted octanol–water partition coefficient (Wildman–Crippen LogP) is 1.82. The van der Waals surface area contributed by atoms with Crippen molar-refractivity contribution in [1.29, 1.82) is 0 Å². The van der Waals surface area contributed by atoms with Crippen molar-refractivity contribution in [3.05, 3.63) is 30.3 Å². The highest BCUT2D eigenvalue weighted by Crippen LogP contribution is 2.24. The molecule has 1 amide bonds. The molecule has 0 saturated carbocycles. The first kappa shape index (κ1) is 14.4. The first-order chi connectivity index (χ1) is 10.3. The number of carbonyl (C=O) groups excluding carboxylic acids is 1. The van der Waals surface area contributed by atoms with E-state index in [1.54, 1.807) is 0 Å². The lowest BCUT2D eigenvalue weighted by atomic mass is 10.0. The Morgan fingerprint density at radius 1 is 1.19 bits per heavy atom. The fraction of sp³-hybridized carbons (Fsp3) is 0.562. The van der Waals surface area contributed by atoms with Gasteiger partial charge in [0.25, 0.3) is 5.91 Å². The molecule has 0 unspecified atom stereocenters. The van der Waals surface area contributed by atoms with Crippen molar-refractivity contribution in [1.82, 2.24) is 4.90 Å². The van der Waals surface area contributed by atoms with Crippen LogP contribution in [0.5, 0.6) is 5.75 Å². The molecule has 0 aromatic heterocycles. The molecule has 114 valence electrons. The molecule has 1 aromatic carbocycles. The normalized spacial score (nSPS) is 23.2. The summed E-state index contributed by atoms with van der Waals surface area (Å²) in [6.07, 6.45) is 2.80. The lowest BCUT2D eigenvalue weighted by Crippen LogP contribution is -2.51. The number of carbonyl (C=O) groups is 1. The Bertz CT molecular complexity index is 459. The molecule has 0 N–H and O–H groups in total. The average molecular weight is 291 g/mol. The zero-order chi connectivity index (χ0) is 14.5. The van der Waals surface area contributed by atoms with Crippen LogP contribution in [0.1, 0.15) is 19.3 Å². The van der Waals surface area contributed by atoms with E-state index in [-0.39, 0.29) is 24.8 Å². The SMILES string of the molecule is O=C(COc1ccccc1)N1CCCC[C@H]1C1OCCO1. The van der Waals surface area contributed by atoms with Crippen LogP contribution in [-0.2, 0) is 14.3 Å². The summed E-state index contributed by atoms with van der Waals surface area (Å²) in [6, 6.07) is 9.43. The van der Waals surface area contributed by atoms with E-state index in [0.29, 0.717) is 19.0 Å². The van der Waals surface area contributed by atoms with Gasteiger partial charge in [-0.15, -0.1) is 0 Å². The lowest BCUT2D eigenvalue weighted by Gasteiger charge is -2.37. The molecule has 0 spiro atoms. The van der Waals surface area contributed by atoms with E-state index in [1.807, 2.05) is 35.2 Å². The summed E-state index contributed by atoms with van der Waals surface area (Å²) < 4.78 is 16.7. The summed E-state index contributed by atoms with van der Waals surface area (Å²) >= 11 is 0. The molecular formula is C16H21NO4. The minimum absolute atomic E-state index is 0.00246. The molecule has 2 saturated heterocycles. The Labute approximate surface area is 124 Å². The standard InChI is InChI=1S/C16H21NO4/c18-15(12-21-13-6-2-1-3-7-13)17-9-5-4-8-14(17)16-19-10-11-20-16/h1-3,6-7,14,16H,4-5,8-12H2/t14-/m0/s1. The number of hydrogen-bond donors (Lipinski definition) is 0. The second kappa shape index (κ2) is 6.91. The molecule has 5 nitrogen and oxygen atoms in total. The fourth-order valence-corrected chi connectivity index (χ4v) is 2.89. The van der Waals surface area contributed by atoms with Gasteiger partial charge in [0, 0.05) is 6.54 Å². The van der Waals surface area contributed by atoms with Crippen molar-refractivity contribution in [3.8, 4) is 5.75 Å². The Kier molecular flexibility index (Phi) is 4.72. The number of benzene rings is 1. The zero-order valence-corrected chi connectivity index (χ0v) is 12.1. The molecule has 2 aliphatic rings. The Morgan fingerprint density at radius 2 is 1.95 bits per heavy atom. The lowest BCUT2D eigenvalue weighted by molar-refractivity contribution is -0.152. The Morgan fingerprint density at radius 3 is 2.71 bits per heavy atom. The fourth-order valence-electron chi connectivity index (χ4n) is 2.89. The maximum atomic E-state index is 12.4. The van der Waals surface area contributed by atoms with Crippen LogP contribution in [0.3, 0.4) is 0 Å². The number of ether oxygens (including phenoxy) is 3. The molecule has 1 aromatic rings. The number of rotatable bonds is 4. The van der Waals surface area contributed by atoms with E-state index in [2.05, 4.69) is 0 Å². The molecular weight excluding hydrogens is 270 g/mol. The third kappa shape index (κ3) is 3.54. The first-order valence-electron chi connectivity index (χ1n) is 7.55. The molecule has 2 fully saturated rings. The highest BCUT2D eigenvalue weighted by atomic mass is 16.7. The van der Waals surface area contributed by atoms with Crippen LogP contribution < -0.4 is 4.74 Å². The molecule has 2 heterocycles. The predicted molar refractivity (Wildman–Crippen MR) is 77.0 cm³/mol. The summed E-state index contributed by atoms with van der Waals surface area (Å²) in [7, 11) is 0. The van der Waals surface area contributed by atoms with Crippen LogP contribution in [0.15, 0.2) is 30.3 Å². The minimum Gasteiger partial charge on any atom is -0.484 e. The summed E-state index contributed by atoms with van der Waals surface area (Å²) in [5, 5.41) is 0. The number of nitrogens with zero attached hydrogens (tertiary/aromatic N) is 1. The molecule has 5 heteroatoms. The smallest absolute Gasteiger partial charge is 0.260 e. The van der Waals surface area contributed by atoms with Gasteiger partial charge in [-0.3, -0.25) is 4.79 Å². The summed E-state index contributed by atoms with van der Waals surface area (Å²) in [4.78, 5) is 14.3. The van der Waals surface area contributed by atoms with Gasteiger partial charge in [-0.1, -0.05) is 18.2 Å². The van der Waals surface area contributed by atoms with Gasteiger partial charge in [-0.05, 0) is 31.4 Å². The number of amides is 1. The van der Waals surface area contributed by atoms with Crippen molar-refractivity contribution in [2.24, 2.45) is 0 Å². The van der Waals surface area contributed by atoms with E-state index in [1.165, 1.54) is 0 Å². The number of piperidine rings is 1. The van der Waals surface area contributed by atoms with Crippen molar-refractivity contribution < 1.29 is 19.0 Å². The summed E-state index contributed by atoms with van der Waals surface area (Å²) in [6.45, 7) is 2.05. The van der Waals surface area contributed by atoms with E-state index in [0.717, 1.165) is 25.8 Å². The third-order valence-corrected chi connectivity index (χ3v) is 3.94. The quantitative estimate of drug-likeness (QED) is 0.849. The van der Waals surface area contributed by atoms with Crippen LogP contribution in [0, 0.1) is 0 Å². The van der Waals surface area contributed by atoms with Gasteiger partial charge in [0.15, 0.2) is 12.9 Å². The number of likely N-dealkylation sites (tertiary alicyclic amines) is 1. The Hall–Kier alpha value is -1.59. The summed E-state index contributed by atoms with van der Waals surface area (Å²) in [5.74, 6) is 0.718. The van der Waals surface area contributed by atoms with Crippen molar-refractivity contribution in [2.45, 2.75) is 31.6 Å². The van der Waals surface area contributed by atoms with E-state index in [4.69, 9.17) is 14.2 Å².